The van der Waals surface area contributed by atoms with Crippen LogP contribution in [0.3, 0.4) is 0 Å². The molecular weight excluding hydrogens is 158 g/mol. The largest absolute Gasteiger partial charge is 0.465 e. The quantitative estimate of drug-likeness (QED) is 0.454. The second-order valence-corrected chi connectivity index (χ2v) is 1.88. The van der Waals surface area contributed by atoms with Crippen LogP contribution in [0.1, 0.15) is 10.4 Å². The minimum Gasteiger partial charge on any atom is -0.465 e. The Balaban J connectivity index is 2.94. The predicted octanol–water partition coefficient (Wildman–Crippen LogP) is 0.814. The van der Waals surface area contributed by atoms with Gasteiger partial charge in [0.15, 0.2) is 0 Å². The summed E-state index contributed by atoms with van der Waals surface area (Å²) < 4.78 is 4.41. The van der Waals surface area contributed by atoms with Gasteiger partial charge in [-0.25, -0.2) is 4.79 Å². The summed E-state index contributed by atoms with van der Waals surface area (Å²) in [7, 11) is 1.27. The molecule has 0 spiro atoms. The monoisotopic (exact) mass is 163 g/mol. The number of hydrogen-bond acceptors (Lipinski definition) is 4. The van der Waals surface area contributed by atoms with Crippen LogP contribution in [0.25, 0.3) is 4.85 Å². The molecule has 5 nitrogen and oxygen atoms in total. The molecule has 0 radical (unpaired) electrons. The molecule has 0 unspecified atom stereocenters. The number of rotatable bonds is 1. The molecule has 0 saturated carbocycles. The number of carbonyl (C=O) groups excluding carboxylic acids is 1. The second-order valence-electron chi connectivity index (χ2n) is 1.88. The Morgan fingerprint density at radius 1 is 1.58 bits per heavy atom. The van der Waals surface area contributed by atoms with Crippen LogP contribution < -0.4 is 0 Å². The Morgan fingerprint density at radius 2 is 2.17 bits per heavy atom. The standard InChI is InChI=1S/C7H5N3O2/c1-8-7-9-3-5(4-10-7)6(11)12-2/h3-4H,2H3. The molecule has 12 heavy (non-hydrogen) atoms. The molecule has 1 heterocycles. The van der Waals surface area contributed by atoms with Gasteiger partial charge >= 0.3 is 11.9 Å². The summed E-state index contributed by atoms with van der Waals surface area (Å²) in [5.74, 6) is -0.491. The van der Waals surface area contributed by atoms with E-state index in [4.69, 9.17) is 6.57 Å². The van der Waals surface area contributed by atoms with Crippen LogP contribution in [0.5, 0.6) is 0 Å². The highest BCUT2D eigenvalue weighted by molar-refractivity contribution is 5.88. The number of aromatic nitrogens is 2. The maximum atomic E-state index is 10.8. The molecule has 1 aromatic heterocycles. The molecule has 0 saturated heterocycles. The van der Waals surface area contributed by atoms with Crippen LogP contribution >= 0.6 is 0 Å². The predicted molar refractivity (Wildman–Crippen MR) is 39.6 cm³/mol. The van der Waals surface area contributed by atoms with Gasteiger partial charge in [-0.05, 0) is 0 Å². The Bertz CT molecular complexity index is 325. The molecule has 1 rings (SSSR count). The van der Waals surface area contributed by atoms with Crippen LogP contribution in [-0.2, 0) is 4.74 Å². The van der Waals surface area contributed by atoms with E-state index in [0.29, 0.717) is 0 Å². The van der Waals surface area contributed by atoms with Crippen LogP contribution in [0.4, 0.5) is 5.95 Å². The highest BCUT2D eigenvalue weighted by Gasteiger charge is 2.07. The summed E-state index contributed by atoms with van der Waals surface area (Å²) in [6.45, 7) is 6.55. The van der Waals surface area contributed by atoms with Crippen molar-refractivity contribution in [3.8, 4) is 0 Å². The molecule has 0 amide bonds. The molecule has 0 fully saturated rings. The molecule has 0 aliphatic carbocycles. The maximum Gasteiger partial charge on any atom is 0.371 e. The summed E-state index contributed by atoms with van der Waals surface area (Å²) in [5.41, 5.74) is 0.241. The van der Waals surface area contributed by atoms with Gasteiger partial charge in [-0.1, -0.05) is 0 Å². The number of ether oxygens (including phenoxy) is 1. The van der Waals surface area contributed by atoms with Gasteiger partial charge in [-0.15, -0.1) is 6.57 Å². The van der Waals surface area contributed by atoms with Gasteiger partial charge in [0.1, 0.15) is 18.0 Å². The first-order valence-corrected chi connectivity index (χ1v) is 3.05. The minimum atomic E-state index is -0.508. The van der Waals surface area contributed by atoms with E-state index in [0.717, 1.165) is 0 Å². The fraction of sp³-hybridized carbons (Fsp3) is 0.143. The van der Waals surface area contributed by atoms with Crippen molar-refractivity contribution in [2.24, 2.45) is 0 Å². The molecular formula is C7H5N3O2. The molecule has 0 bridgehead atoms. The molecule has 5 heteroatoms. The molecule has 60 valence electrons. The Labute approximate surface area is 68.8 Å². The van der Waals surface area contributed by atoms with E-state index in [1.807, 2.05) is 0 Å². The van der Waals surface area contributed by atoms with E-state index >= 15 is 0 Å². The third kappa shape index (κ3) is 1.55. The van der Waals surface area contributed by atoms with Gasteiger partial charge in [0.25, 0.3) is 0 Å². The fourth-order valence-electron chi connectivity index (χ4n) is 0.602. The summed E-state index contributed by atoms with van der Waals surface area (Å²) in [5, 5.41) is 0. The van der Waals surface area contributed by atoms with Crippen molar-refractivity contribution in [3.63, 3.8) is 0 Å². The summed E-state index contributed by atoms with van der Waals surface area (Å²) in [6, 6.07) is 0. The van der Waals surface area contributed by atoms with E-state index in [1.165, 1.54) is 19.5 Å². The zero-order chi connectivity index (χ0) is 8.97. The number of methoxy groups -OCH3 is 1. The Kier molecular flexibility index (Phi) is 2.33. The number of nitrogens with zero attached hydrogens (tertiary/aromatic N) is 3. The summed E-state index contributed by atoms with van der Waals surface area (Å²) in [6.07, 6.45) is 2.51. The highest BCUT2D eigenvalue weighted by Crippen LogP contribution is 2.03. The Hall–Kier alpha value is -1.96. The van der Waals surface area contributed by atoms with Crippen molar-refractivity contribution in [3.05, 3.63) is 29.4 Å². The third-order valence-electron chi connectivity index (χ3n) is 1.16. The van der Waals surface area contributed by atoms with Gasteiger partial charge in [-0.2, -0.15) is 9.97 Å². The van der Waals surface area contributed by atoms with E-state index in [9.17, 15) is 4.79 Å². The second kappa shape index (κ2) is 3.44. The van der Waals surface area contributed by atoms with E-state index in [2.05, 4.69) is 19.5 Å². The lowest BCUT2D eigenvalue weighted by Gasteiger charge is -1.93. The SMILES string of the molecule is [C-]#[N+]c1ncc(C(=O)OC)cn1. The first-order valence-electron chi connectivity index (χ1n) is 3.05. The van der Waals surface area contributed by atoms with Crippen molar-refractivity contribution < 1.29 is 9.53 Å². The van der Waals surface area contributed by atoms with Crippen molar-refractivity contribution >= 4 is 11.9 Å². The molecule has 0 aromatic carbocycles. The fourth-order valence-corrected chi connectivity index (χ4v) is 0.602. The Morgan fingerprint density at radius 3 is 2.58 bits per heavy atom. The normalized spacial score (nSPS) is 8.67. The number of esters is 1. The molecule has 0 N–H and O–H groups in total. The van der Waals surface area contributed by atoms with Crippen molar-refractivity contribution in [1.82, 2.24) is 9.97 Å². The van der Waals surface area contributed by atoms with Crippen LogP contribution in [0, 0.1) is 6.57 Å². The lowest BCUT2D eigenvalue weighted by molar-refractivity contribution is 0.0600. The van der Waals surface area contributed by atoms with Gasteiger partial charge in [0.05, 0.1) is 7.11 Å². The first kappa shape index (κ1) is 8.14. The molecule has 0 aliphatic rings. The molecule has 0 atom stereocenters. The van der Waals surface area contributed by atoms with Crippen molar-refractivity contribution in [2.75, 3.05) is 7.11 Å². The van der Waals surface area contributed by atoms with Gasteiger partial charge < -0.3 is 9.58 Å². The lowest BCUT2D eigenvalue weighted by atomic mass is 10.3. The van der Waals surface area contributed by atoms with Gasteiger partial charge in [0, 0.05) is 0 Å². The molecule has 1 aromatic rings. The van der Waals surface area contributed by atoms with Crippen molar-refractivity contribution in [2.45, 2.75) is 0 Å². The topological polar surface area (TPSA) is 56.4 Å². The van der Waals surface area contributed by atoms with Crippen LogP contribution in [-0.4, -0.2) is 23.0 Å². The zero-order valence-electron chi connectivity index (χ0n) is 6.31. The lowest BCUT2D eigenvalue weighted by Crippen LogP contribution is -2.01. The van der Waals surface area contributed by atoms with Crippen LogP contribution in [0.2, 0.25) is 0 Å². The molecule has 0 aliphatic heterocycles. The smallest absolute Gasteiger partial charge is 0.371 e. The highest BCUT2D eigenvalue weighted by atomic mass is 16.5. The average Bonchev–Trinajstić information content (AvgIpc) is 2.17. The van der Waals surface area contributed by atoms with E-state index < -0.39 is 5.97 Å². The van der Waals surface area contributed by atoms with E-state index in [1.54, 1.807) is 0 Å². The number of carbonyl (C=O) groups is 1. The summed E-state index contributed by atoms with van der Waals surface area (Å²) in [4.78, 5) is 21.0. The van der Waals surface area contributed by atoms with Gasteiger partial charge in [-0.3, -0.25) is 0 Å². The third-order valence-corrected chi connectivity index (χ3v) is 1.16. The summed E-state index contributed by atoms with van der Waals surface area (Å²) >= 11 is 0. The van der Waals surface area contributed by atoms with E-state index in [-0.39, 0.29) is 11.5 Å². The average molecular weight is 163 g/mol. The minimum absolute atomic E-state index is 0.0163. The maximum absolute atomic E-state index is 10.8. The zero-order valence-corrected chi connectivity index (χ0v) is 6.31. The van der Waals surface area contributed by atoms with Crippen LogP contribution in [0.15, 0.2) is 12.4 Å². The number of hydrogen-bond donors (Lipinski definition) is 0. The first-order chi connectivity index (χ1) is 5.77. The van der Waals surface area contributed by atoms with Gasteiger partial charge in [0.2, 0.25) is 0 Å². The van der Waals surface area contributed by atoms with Crippen molar-refractivity contribution in [1.29, 1.82) is 0 Å².